The lowest BCUT2D eigenvalue weighted by Gasteiger charge is -1.95. The van der Waals surface area contributed by atoms with Crippen molar-refractivity contribution in [2.75, 3.05) is 7.05 Å². The molecule has 1 N–H and O–H groups in total. The molecule has 1 aromatic rings. The van der Waals surface area contributed by atoms with Gasteiger partial charge in [-0.05, 0) is 6.07 Å². The molecule has 56 valence electrons. The minimum atomic E-state index is 0.839. The summed E-state index contributed by atoms with van der Waals surface area (Å²) in [4.78, 5) is 7.76. The van der Waals surface area contributed by atoms with Crippen LogP contribution < -0.4 is 0 Å². The Hall–Kier alpha value is -1.51. The van der Waals surface area contributed by atoms with Crippen LogP contribution in [-0.2, 0) is 0 Å². The first-order chi connectivity index (χ1) is 5.38. The van der Waals surface area contributed by atoms with Crippen molar-refractivity contribution >= 4 is 12.4 Å². The van der Waals surface area contributed by atoms with Crippen molar-refractivity contribution in [2.45, 2.75) is 0 Å². The number of rotatable bonds is 2. The minimum absolute atomic E-state index is 0.839. The van der Waals surface area contributed by atoms with Gasteiger partial charge in [0.15, 0.2) is 0 Å². The van der Waals surface area contributed by atoms with E-state index in [1.54, 1.807) is 31.7 Å². The SMILES string of the molecule is CN=Cc1cnccc1C=N. The van der Waals surface area contributed by atoms with Crippen LogP contribution in [0.1, 0.15) is 11.1 Å². The molecule has 3 nitrogen and oxygen atoms in total. The normalized spacial score (nSPS) is 10.3. The molecule has 1 aromatic heterocycles. The molecule has 0 radical (unpaired) electrons. The van der Waals surface area contributed by atoms with E-state index in [2.05, 4.69) is 9.98 Å². The number of hydrogen-bond donors (Lipinski definition) is 1. The number of nitrogens with zero attached hydrogens (tertiary/aromatic N) is 2. The van der Waals surface area contributed by atoms with E-state index in [1.807, 2.05) is 0 Å². The van der Waals surface area contributed by atoms with Gasteiger partial charge >= 0.3 is 0 Å². The zero-order valence-electron chi connectivity index (χ0n) is 6.28. The number of pyridine rings is 1. The van der Waals surface area contributed by atoms with Gasteiger partial charge in [-0.25, -0.2) is 0 Å². The Balaban J connectivity index is 3.11. The molecule has 0 saturated carbocycles. The van der Waals surface area contributed by atoms with Gasteiger partial charge in [0.2, 0.25) is 0 Å². The maximum atomic E-state index is 7.05. The van der Waals surface area contributed by atoms with E-state index in [0.717, 1.165) is 11.1 Å². The zero-order chi connectivity index (χ0) is 8.10. The highest BCUT2D eigenvalue weighted by Crippen LogP contribution is 1.99. The molecule has 0 saturated heterocycles. The molecule has 1 heterocycles. The van der Waals surface area contributed by atoms with Crippen LogP contribution in [0.3, 0.4) is 0 Å². The van der Waals surface area contributed by atoms with E-state index >= 15 is 0 Å². The lowest BCUT2D eigenvalue weighted by molar-refractivity contribution is 1.30. The fourth-order valence-electron chi connectivity index (χ4n) is 0.796. The number of aliphatic imine (C=N–C) groups is 1. The second-order valence-corrected chi connectivity index (χ2v) is 2.04. The first-order valence-electron chi connectivity index (χ1n) is 3.25. The molecule has 0 aromatic carbocycles. The van der Waals surface area contributed by atoms with E-state index < -0.39 is 0 Å². The van der Waals surface area contributed by atoms with Crippen LogP contribution >= 0.6 is 0 Å². The molecule has 0 bridgehead atoms. The predicted octanol–water partition coefficient (Wildman–Crippen LogP) is 1.13. The lowest BCUT2D eigenvalue weighted by atomic mass is 10.2. The maximum Gasteiger partial charge on any atom is 0.0362 e. The van der Waals surface area contributed by atoms with Crippen LogP contribution in [0.4, 0.5) is 0 Å². The van der Waals surface area contributed by atoms with Crippen LogP contribution in [0.15, 0.2) is 23.5 Å². The topological polar surface area (TPSA) is 49.1 Å². The minimum Gasteiger partial charge on any atom is -0.308 e. The quantitative estimate of drug-likeness (QED) is 0.626. The van der Waals surface area contributed by atoms with Crippen molar-refractivity contribution in [3.05, 3.63) is 29.6 Å². The Labute approximate surface area is 65.3 Å². The van der Waals surface area contributed by atoms with E-state index in [4.69, 9.17) is 5.41 Å². The Morgan fingerprint density at radius 3 is 3.00 bits per heavy atom. The Bertz CT molecular complexity index is 278. The van der Waals surface area contributed by atoms with Gasteiger partial charge in [0.25, 0.3) is 0 Å². The fourth-order valence-corrected chi connectivity index (χ4v) is 0.796. The third-order valence-corrected chi connectivity index (χ3v) is 1.31. The van der Waals surface area contributed by atoms with Crippen LogP contribution in [0.5, 0.6) is 0 Å². The molecule has 0 atom stereocenters. The summed E-state index contributed by atoms with van der Waals surface area (Å²) >= 11 is 0. The van der Waals surface area contributed by atoms with Crippen molar-refractivity contribution in [1.29, 1.82) is 5.41 Å². The Morgan fingerprint density at radius 1 is 1.55 bits per heavy atom. The summed E-state index contributed by atoms with van der Waals surface area (Å²) < 4.78 is 0. The summed E-state index contributed by atoms with van der Waals surface area (Å²) in [5, 5.41) is 7.05. The second kappa shape index (κ2) is 3.61. The van der Waals surface area contributed by atoms with Crippen molar-refractivity contribution < 1.29 is 0 Å². The summed E-state index contributed by atoms with van der Waals surface area (Å²) in [5.41, 5.74) is 1.72. The largest absolute Gasteiger partial charge is 0.308 e. The number of hydrogen-bond acceptors (Lipinski definition) is 3. The molecular formula is C8H9N3. The predicted molar refractivity (Wildman–Crippen MR) is 45.6 cm³/mol. The summed E-state index contributed by atoms with van der Waals surface area (Å²) in [5.74, 6) is 0. The number of nitrogens with one attached hydrogen (secondary N) is 1. The van der Waals surface area contributed by atoms with Crippen molar-refractivity contribution in [3.8, 4) is 0 Å². The second-order valence-electron chi connectivity index (χ2n) is 2.04. The van der Waals surface area contributed by atoms with Gasteiger partial charge in [-0.3, -0.25) is 9.98 Å². The van der Waals surface area contributed by atoms with E-state index in [0.29, 0.717) is 0 Å². The smallest absolute Gasteiger partial charge is 0.0362 e. The standard InChI is InChI=1S/C8H9N3/c1-10-5-8-6-11-3-2-7(8)4-9/h2-6,9H,1H3. The molecular weight excluding hydrogens is 138 g/mol. The molecule has 0 unspecified atom stereocenters. The Kier molecular flexibility index (Phi) is 2.49. The highest BCUT2D eigenvalue weighted by molar-refractivity contribution is 5.92. The average molecular weight is 147 g/mol. The van der Waals surface area contributed by atoms with Gasteiger partial charge in [0.1, 0.15) is 0 Å². The molecule has 0 amide bonds. The van der Waals surface area contributed by atoms with Crippen molar-refractivity contribution in [2.24, 2.45) is 4.99 Å². The average Bonchev–Trinajstić information content (AvgIpc) is 2.06. The summed E-state index contributed by atoms with van der Waals surface area (Å²) in [7, 11) is 1.70. The van der Waals surface area contributed by atoms with Crippen molar-refractivity contribution in [3.63, 3.8) is 0 Å². The van der Waals surface area contributed by atoms with Gasteiger partial charge in [-0.1, -0.05) is 0 Å². The lowest BCUT2D eigenvalue weighted by Crippen LogP contribution is -1.91. The third kappa shape index (κ3) is 1.70. The molecule has 3 heteroatoms. The van der Waals surface area contributed by atoms with E-state index in [1.165, 1.54) is 6.21 Å². The zero-order valence-corrected chi connectivity index (χ0v) is 6.28. The maximum absolute atomic E-state index is 7.05. The molecule has 0 aliphatic heterocycles. The summed E-state index contributed by atoms with van der Waals surface area (Å²) in [6.45, 7) is 0. The monoisotopic (exact) mass is 147 g/mol. The highest BCUT2D eigenvalue weighted by atomic mass is 14.7. The van der Waals surface area contributed by atoms with Crippen LogP contribution in [-0.4, -0.2) is 24.5 Å². The molecule has 1 rings (SSSR count). The van der Waals surface area contributed by atoms with Crippen LogP contribution in [0, 0.1) is 5.41 Å². The van der Waals surface area contributed by atoms with Gasteiger partial charge in [0.05, 0.1) is 0 Å². The van der Waals surface area contributed by atoms with Gasteiger partial charge in [-0.15, -0.1) is 0 Å². The molecule has 0 fully saturated rings. The Morgan fingerprint density at radius 2 is 2.36 bits per heavy atom. The fraction of sp³-hybridized carbons (Fsp3) is 0.125. The first-order valence-corrected chi connectivity index (χ1v) is 3.25. The van der Waals surface area contributed by atoms with Crippen molar-refractivity contribution in [1.82, 2.24) is 4.98 Å². The van der Waals surface area contributed by atoms with E-state index in [9.17, 15) is 0 Å². The number of aromatic nitrogens is 1. The first kappa shape index (κ1) is 7.60. The van der Waals surface area contributed by atoms with Crippen LogP contribution in [0.25, 0.3) is 0 Å². The molecule has 0 aliphatic rings. The molecule has 11 heavy (non-hydrogen) atoms. The molecule has 0 aliphatic carbocycles. The third-order valence-electron chi connectivity index (χ3n) is 1.31. The van der Waals surface area contributed by atoms with Gasteiger partial charge < -0.3 is 5.41 Å². The summed E-state index contributed by atoms with van der Waals surface area (Å²) in [6.07, 6.45) is 6.33. The van der Waals surface area contributed by atoms with E-state index in [-0.39, 0.29) is 0 Å². The van der Waals surface area contributed by atoms with Gasteiger partial charge in [-0.2, -0.15) is 0 Å². The summed E-state index contributed by atoms with van der Waals surface area (Å²) in [6, 6.07) is 1.78. The highest BCUT2D eigenvalue weighted by Gasteiger charge is 1.93. The molecule has 0 spiro atoms. The van der Waals surface area contributed by atoms with Crippen LogP contribution in [0.2, 0.25) is 0 Å². The van der Waals surface area contributed by atoms with Gasteiger partial charge in [0, 0.05) is 43.0 Å².